The summed E-state index contributed by atoms with van der Waals surface area (Å²) in [4.78, 5) is 2.26. The van der Waals surface area contributed by atoms with Crippen molar-refractivity contribution in [3.05, 3.63) is 29.6 Å². The predicted octanol–water partition coefficient (Wildman–Crippen LogP) is 2.32. The maximum Gasteiger partial charge on any atom is 0.125 e. The topological polar surface area (TPSA) is 15.3 Å². The summed E-state index contributed by atoms with van der Waals surface area (Å²) in [7, 11) is 1.99. The summed E-state index contributed by atoms with van der Waals surface area (Å²) in [5.74, 6) is -0.137. The Kier molecular flexibility index (Phi) is 3.44. The van der Waals surface area contributed by atoms with Gasteiger partial charge in [-0.15, -0.1) is 0 Å². The van der Waals surface area contributed by atoms with Crippen LogP contribution in [0, 0.1) is 12.7 Å². The highest BCUT2D eigenvalue weighted by atomic mass is 19.1. The van der Waals surface area contributed by atoms with Gasteiger partial charge in [-0.05, 0) is 50.6 Å². The van der Waals surface area contributed by atoms with E-state index in [-0.39, 0.29) is 5.82 Å². The molecule has 1 N–H and O–H groups in total. The van der Waals surface area contributed by atoms with Gasteiger partial charge in [-0.1, -0.05) is 0 Å². The van der Waals surface area contributed by atoms with E-state index in [0.29, 0.717) is 6.04 Å². The van der Waals surface area contributed by atoms with Crippen molar-refractivity contribution < 1.29 is 4.39 Å². The summed E-state index contributed by atoms with van der Waals surface area (Å²) in [5.41, 5.74) is 2.00. The average molecular weight is 222 g/mol. The van der Waals surface area contributed by atoms with E-state index < -0.39 is 0 Å². The van der Waals surface area contributed by atoms with E-state index in [1.54, 1.807) is 12.1 Å². The average Bonchev–Trinajstić information content (AvgIpc) is 2.28. The molecule has 0 aromatic heterocycles. The monoisotopic (exact) mass is 222 g/mol. The molecular formula is C13H19FN2. The molecule has 1 heterocycles. The molecule has 16 heavy (non-hydrogen) atoms. The minimum atomic E-state index is -0.137. The molecule has 0 saturated carbocycles. The number of piperidine rings is 1. The molecule has 1 aromatic rings. The van der Waals surface area contributed by atoms with Gasteiger partial charge in [0, 0.05) is 24.8 Å². The number of aryl methyl sites for hydroxylation is 1. The van der Waals surface area contributed by atoms with Crippen LogP contribution in [0.2, 0.25) is 0 Å². The van der Waals surface area contributed by atoms with E-state index in [0.717, 1.165) is 24.3 Å². The molecule has 0 aliphatic carbocycles. The molecule has 0 radical (unpaired) electrons. The van der Waals surface area contributed by atoms with Gasteiger partial charge in [-0.3, -0.25) is 0 Å². The third kappa shape index (κ3) is 2.53. The lowest BCUT2D eigenvalue weighted by atomic mass is 10.0. The first-order chi connectivity index (χ1) is 7.69. The summed E-state index contributed by atoms with van der Waals surface area (Å²) in [6.07, 6.45) is 2.38. The number of hydrogen-bond acceptors (Lipinski definition) is 2. The van der Waals surface area contributed by atoms with E-state index in [4.69, 9.17) is 0 Å². The molecule has 1 atom stereocenters. The van der Waals surface area contributed by atoms with Crippen molar-refractivity contribution in [3.63, 3.8) is 0 Å². The second-order valence-corrected chi connectivity index (χ2v) is 4.56. The first-order valence-corrected chi connectivity index (χ1v) is 5.88. The number of hydrogen-bond donors (Lipinski definition) is 1. The minimum Gasteiger partial charge on any atom is -0.370 e. The summed E-state index contributed by atoms with van der Waals surface area (Å²) in [6.45, 7) is 3.94. The van der Waals surface area contributed by atoms with Crippen molar-refractivity contribution in [3.8, 4) is 0 Å². The van der Waals surface area contributed by atoms with Gasteiger partial charge in [0.2, 0.25) is 0 Å². The van der Waals surface area contributed by atoms with E-state index >= 15 is 0 Å². The van der Waals surface area contributed by atoms with Gasteiger partial charge in [0.25, 0.3) is 0 Å². The van der Waals surface area contributed by atoms with Gasteiger partial charge in [0.05, 0.1) is 0 Å². The number of rotatable bonds is 2. The van der Waals surface area contributed by atoms with Crippen molar-refractivity contribution in [2.75, 3.05) is 25.0 Å². The Balaban J connectivity index is 2.16. The smallest absolute Gasteiger partial charge is 0.125 e. The van der Waals surface area contributed by atoms with Gasteiger partial charge in [0.1, 0.15) is 5.82 Å². The zero-order valence-electron chi connectivity index (χ0n) is 9.96. The van der Waals surface area contributed by atoms with Crippen LogP contribution in [0.1, 0.15) is 18.4 Å². The van der Waals surface area contributed by atoms with Crippen LogP contribution in [0.4, 0.5) is 10.1 Å². The Labute approximate surface area is 96.5 Å². The molecule has 2 rings (SSSR count). The fourth-order valence-electron chi connectivity index (χ4n) is 2.35. The predicted molar refractivity (Wildman–Crippen MR) is 65.4 cm³/mol. The highest BCUT2D eigenvalue weighted by Crippen LogP contribution is 2.22. The third-order valence-electron chi connectivity index (χ3n) is 3.22. The molecule has 1 aliphatic heterocycles. The molecule has 0 amide bonds. The summed E-state index contributed by atoms with van der Waals surface area (Å²) >= 11 is 0. The van der Waals surface area contributed by atoms with E-state index in [1.807, 2.05) is 14.0 Å². The van der Waals surface area contributed by atoms with Crippen LogP contribution < -0.4 is 10.2 Å². The van der Waals surface area contributed by atoms with Crippen LogP contribution >= 0.6 is 0 Å². The van der Waals surface area contributed by atoms with Crippen LogP contribution in [0.15, 0.2) is 18.2 Å². The molecule has 0 spiro atoms. The van der Waals surface area contributed by atoms with Crippen molar-refractivity contribution in [1.82, 2.24) is 5.32 Å². The lowest BCUT2D eigenvalue weighted by Gasteiger charge is -2.34. The largest absolute Gasteiger partial charge is 0.370 e. The molecule has 2 nitrogen and oxygen atoms in total. The lowest BCUT2D eigenvalue weighted by molar-refractivity contribution is 0.449. The standard InChI is InChI=1S/C13H19FN2/c1-10-6-11(14)8-13(7-10)16-5-3-4-12(9-16)15-2/h6-8,12,15H,3-5,9H2,1-2H3. The molecule has 1 aromatic carbocycles. The molecule has 1 fully saturated rings. The summed E-state index contributed by atoms with van der Waals surface area (Å²) in [6, 6.07) is 5.78. The minimum absolute atomic E-state index is 0.137. The Morgan fingerprint density at radius 3 is 2.88 bits per heavy atom. The van der Waals surface area contributed by atoms with Crippen molar-refractivity contribution in [2.24, 2.45) is 0 Å². The Morgan fingerprint density at radius 1 is 1.38 bits per heavy atom. The molecule has 1 aliphatic rings. The molecule has 1 saturated heterocycles. The highest BCUT2D eigenvalue weighted by molar-refractivity contribution is 5.49. The van der Waals surface area contributed by atoms with Gasteiger partial charge in [0.15, 0.2) is 0 Å². The van der Waals surface area contributed by atoms with Crippen LogP contribution in [-0.2, 0) is 0 Å². The van der Waals surface area contributed by atoms with Gasteiger partial charge < -0.3 is 10.2 Å². The van der Waals surface area contributed by atoms with E-state index in [1.165, 1.54) is 12.8 Å². The quantitative estimate of drug-likeness (QED) is 0.826. The lowest BCUT2D eigenvalue weighted by Crippen LogP contribution is -2.44. The first kappa shape index (κ1) is 11.4. The van der Waals surface area contributed by atoms with Crippen molar-refractivity contribution in [1.29, 1.82) is 0 Å². The fourth-order valence-corrected chi connectivity index (χ4v) is 2.35. The zero-order chi connectivity index (χ0) is 11.5. The van der Waals surface area contributed by atoms with Crippen molar-refractivity contribution >= 4 is 5.69 Å². The number of halogens is 1. The van der Waals surface area contributed by atoms with Gasteiger partial charge in [-0.2, -0.15) is 0 Å². The molecule has 3 heteroatoms. The Bertz CT molecular complexity index is 345. The summed E-state index contributed by atoms with van der Waals surface area (Å²) in [5, 5.41) is 3.30. The van der Waals surface area contributed by atoms with E-state index in [9.17, 15) is 4.39 Å². The molecule has 1 unspecified atom stereocenters. The third-order valence-corrected chi connectivity index (χ3v) is 3.22. The SMILES string of the molecule is CNC1CCCN(c2cc(C)cc(F)c2)C1. The molecule has 0 bridgehead atoms. The number of likely N-dealkylation sites (N-methyl/N-ethyl adjacent to an activating group) is 1. The second kappa shape index (κ2) is 4.83. The molecular weight excluding hydrogens is 203 g/mol. The fraction of sp³-hybridized carbons (Fsp3) is 0.538. The maximum atomic E-state index is 13.3. The molecule has 88 valence electrons. The maximum absolute atomic E-state index is 13.3. The van der Waals surface area contributed by atoms with Crippen LogP contribution in [-0.4, -0.2) is 26.2 Å². The second-order valence-electron chi connectivity index (χ2n) is 4.56. The Hall–Kier alpha value is -1.09. The van der Waals surface area contributed by atoms with Gasteiger partial charge in [-0.25, -0.2) is 4.39 Å². The number of nitrogens with one attached hydrogen (secondary N) is 1. The number of anilines is 1. The highest BCUT2D eigenvalue weighted by Gasteiger charge is 2.18. The normalized spacial score (nSPS) is 21.2. The number of nitrogens with zero attached hydrogens (tertiary/aromatic N) is 1. The first-order valence-electron chi connectivity index (χ1n) is 5.88. The van der Waals surface area contributed by atoms with Gasteiger partial charge >= 0.3 is 0 Å². The number of benzene rings is 1. The Morgan fingerprint density at radius 2 is 2.19 bits per heavy atom. The van der Waals surface area contributed by atoms with Crippen LogP contribution in [0.25, 0.3) is 0 Å². The zero-order valence-corrected chi connectivity index (χ0v) is 9.96. The summed E-state index contributed by atoms with van der Waals surface area (Å²) < 4.78 is 13.3. The van der Waals surface area contributed by atoms with E-state index in [2.05, 4.69) is 16.3 Å². The van der Waals surface area contributed by atoms with Crippen LogP contribution in [0.5, 0.6) is 0 Å². The van der Waals surface area contributed by atoms with Crippen LogP contribution in [0.3, 0.4) is 0 Å². The van der Waals surface area contributed by atoms with Crippen molar-refractivity contribution in [2.45, 2.75) is 25.8 Å².